The van der Waals surface area contributed by atoms with Gasteiger partial charge in [0.15, 0.2) is 0 Å². The number of carbonyl (C=O) groups excluding carboxylic acids is 1. The number of hydrogen-bond donors (Lipinski definition) is 1. The summed E-state index contributed by atoms with van der Waals surface area (Å²) < 4.78 is 0. The molecule has 1 fully saturated rings. The summed E-state index contributed by atoms with van der Waals surface area (Å²) in [5.74, 6) is -0.425. The van der Waals surface area contributed by atoms with Gasteiger partial charge in [0.1, 0.15) is 0 Å². The van der Waals surface area contributed by atoms with Crippen LogP contribution in [0.3, 0.4) is 0 Å². The van der Waals surface area contributed by atoms with E-state index in [1.54, 1.807) is 18.2 Å². The zero-order chi connectivity index (χ0) is 19.4. The maximum Gasteiger partial charge on any atom is 0.335 e. The van der Waals surface area contributed by atoms with Crippen LogP contribution in [0.5, 0.6) is 0 Å². The minimum Gasteiger partial charge on any atom is -0.478 e. The van der Waals surface area contributed by atoms with E-state index in [0.29, 0.717) is 18.8 Å². The molecule has 27 heavy (non-hydrogen) atoms. The van der Waals surface area contributed by atoms with Crippen LogP contribution in [0.4, 0.5) is 0 Å². The van der Waals surface area contributed by atoms with E-state index in [1.165, 1.54) is 11.1 Å². The quantitative estimate of drug-likeness (QED) is 0.841. The number of amides is 1. The van der Waals surface area contributed by atoms with Crippen LogP contribution in [0, 0.1) is 12.8 Å². The van der Waals surface area contributed by atoms with Crippen LogP contribution in [-0.4, -0.2) is 28.4 Å². The van der Waals surface area contributed by atoms with Gasteiger partial charge in [-0.1, -0.05) is 55.0 Å². The van der Waals surface area contributed by atoms with Crippen LogP contribution in [0.2, 0.25) is 0 Å². The predicted molar refractivity (Wildman–Crippen MR) is 106 cm³/mol. The van der Waals surface area contributed by atoms with Crippen molar-refractivity contribution in [2.75, 3.05) is 6.54 Å². The lowest BCUT2D eigenvalue weighted by Gasteiger charge is -2.40. The number of hydrogen-bond acceptors (Lipinski definition) is 2. The third-order valence-electron chi connectivity index (χ3n) is 5.53. The molecule has 1 saturated heterocycles. The Morgan fingerprint density at radius 2 is 1.81 bits per heavy atom. The highest BCUT2D eigenvalue weighted by Gasteiger charge is 2.32. The van der Waals surface area contributed by atoms with Crippen molar-refractivity contribution in [2.45, 2.75) is 45.6 Å². The average Bonchev–Trinajstić information content (AvgIpc) is 2.67. The number of aromatic carboxylic acids is 1. The molecule has 4 nitrogen and oxygen atoms in total. The van der Waals surface area contributed by atoms with Gasteiger partial charge in [0.25, 0.3) is 0 Å². The molecule has 0 saturated carbocycles. The van der Waals surface area contributed by atoms with Crippen molar-refractivity contribution >= 4 is 11.9 Å². The molecule has 4 heteroatoms. The lowest BCUT2D eigenvalue weighted by molar-refractivity contribution is -0.136. The second kappa shape index (κ2) is 8.38. The van der Waals surface area contributed by atoms with Gasteiger partial charge < -0.3 is 10.0 Å². The first-order valence-corrected chi connectivity index (χ1v) is 9.64. The van der Waals surface area contributed by atoms with Crippen LogP contribution in [0.25, 0.3) is 0 Å². The Balaban J connectivity index is 1.76. The fourth-order valence-electron chi connectivity index (χ4n) is 4.07. The zero-order valence-corrected chi connectivity index (χ0v) is 16.0. The van der Waals surface area contributed by atoms with E-state index in [2.05, 4.69) is 38.1 Å². The van der Waals surface area contributed by atoms with Gasteiger partial charge in [-0.3, -0.25) is 4.79 Å². The Kier molecular flexibility index (Phi) is 5.94. The summed E-state index contributed by atoms with van der Waals surface area (Å²) in [6.07, 6.45) is 2.91. The summed E-state index contributed by atoms with van der Waals surface area (Å²) in [6, 6.07) is 15.5. The number of benzene rings is 2. The van der Waals surface area contributed by atoms with E-state index in [4.69, 9.17) is 0 Å². The van der Waals surface area contributed by atoms with Gasteiger partial charge in [0, 0.05) is 13.0 Å². The molecule has 1 aliphatic rings. The Labute approximate surface area is 160 Å². The minimum absolute atomic E-state index is 0.0987. The average molecular weight is 365 g/mol. The maximum atomic E-state index is 13.0. The largest absolute Gasteiger partial charge is 0.478 e. The van der Waals surface area contributed by atoms with Crippen LogP contribution in [0.1, 0.15) is 59.3 Å². The second-order valence-electron chi connectivity index (χ2n) is 7.52. The van der Waals surface area contributed by atoms with Gasteiger partial charge >= 0.3 is 5.97 Å². The molecule has 2 unspecified atom stereocenters. The smallest absolute Gasteiger partial charge is 0.335 e. The number of aryl methyl sites for hydroxylation is 2. The van der Waals surface area contributed by atoms with Crippen LogP contribution in [0.15, 0.2) is 48.5 Å². The third kappa shape index (κ3) is 4.38. The van der Waals surface area contributed by atoms with Gasteiger partial charge in [-0.2, -0.15) is 0 Å². The Morgan fingerprint density at radius 1 is 1.11 bits per heavy atom. The molecule has 142 valence electrons. The highest BCUT2D eigenvalue weighted by atomic mass is 16.4. The fourth-order valence-corrected chi connectivity index (χ4v) is 4.07. The molecular formula is C23H27NO3. The van der Waals surface area contributed by atoms with E-state index in [0.717, 1.165) is 24.9 Å². The number of nitrogens with zero attached hydrogens (tertiary/aromatic N) is 1. The molecule has 2 atom stereocenters. The number of carbonyl (C=O) groups is 2. The van der Waals surface area contributed by atoms with Crippen molar-refractivity contribution in [3.63, 3.8) is 0 Å². The number of piperidine rings is 1. The molecule has 2 aromatic rings. The Bertz CT molecular complexity index is 813. The van der Waals surface area contributed by atoms with E-state index in [1.807, 2.05) is 11.0 Å². The molecule has 0 aromatic heterocycles. The normalized spacial score (nSPS) is 19.7. The molecule has 1 heterocycles. The monoisotopic (exact) mass is 365 g/mol. The van der Waals surface area contributed by atoms with Gasteiger partial charge in [-0.15, -0.1) is 0 Å². The highest BCUT2D eigenvalue weighted by molar-refractivity contribution is 5.89. The van der Waals surface area contributed by atoms with Crippen molar-refractivity contribution in [1.82, 2.24) is 4.90 Å². The molecule has 0 aliphatic carbocycles. The molecule has 1 amide bonds. The first-order valence-electron chi connectivity index (χ1n) is 9.64. The van der Waals surface area contributed by atoms with Crippen LogP contribution >= 0.6 is 0 Å². The van der Waals surface area contributed by atoms with E-state index < -0.39 is 5.97 Å². The summed E-state index contributed by atoms with van der Waals surface area (Å²) in [6.45, 7) is 5.04. The summed E-state index contributed by atoms with van der Waals surface area (Å²) in [7, 11) is 0. The molecule has 0 radical (unpaired) electrons. The molecule has 0 spiro atoms. The minimum atomic E-state index is -0.942. The van der Waals surface area contributed by atoms with Crippen molar-refractivity contribution in [2.24, 2.45) is 5.92 Å². The first-order chi connectivity index (χ1) is 13.0. The Hall–Kier alpha value is -2.62. The van der Waals surface area contributed by atoms with Gasteiger partial charge in [0.2, 0.25) is 5.91 Å². The van der Waals surface area contributed by atoms with Gasteiger partial charge in [0.05, 0.1) is 11.6 Å². The summed E-state index contributed by atoms with van der Waals surface area (Å²) in [5, 5.41) is 9.33. The van der Waals surface area contributed by atoms with Gasteiger partial charge in [-0.25, -0.2) is 4.79 Å². The van der Waals surface area contributed by atoms with E-state index >= 15 is 0 Å². The van der Waals surface area contributed by atoms with Crippen molar-refractivity contribution in [1.29, 1.82) is 0 Å². The standard InChI is InChI=1S/C23H27NO3/c1-16-9-11-19(12-10-16)22-17(2)6-5-15-24(22)21(25)14-13-18-7-3-4-8-20(18)23(26)27/h3-4,7-12,17,22H,5-6,13-15H2,1-2H3,(H,26,27). The lowest BCUT2D eigenvalue weighted by atomic mass is 9.85. The maximum absolute atomic E-state index is 13.0. The van der Waals surface area contributed by atoms with Crippen LogP contribution in [-0.2, 0) is 11.2 Å². The summed E-state index contributed by atoms with van der Waals surface area (Å²) in [4.78, 5) is 26.4. The van der Waals surface area contributed by atoms with Crippen molar-refractivity contribution in [3.8, 4) is 0 Å². The third-order valence-corrected chi connectivity index (χ3v) is 5.53. The molecule has 2 aromatic carbocycles. The van der Waals surface area contributed by atoms with E-state index in [-0.39, 0.29) is 17.5 Å². The molecule has 3 rings (SSSR count). The summed E-state index contributed by atoms with van der Waals surface area (Å²) >= 11 is 0. The van der Waals surface area contributed by atoms with Crippen molar-refractivity contribution in [3.05, 3.63) is 70.8 Å². The van der Waals surface area contributed by atoms with Crippen LogP contribution < -0.4 is 0 Å². The number of likely N-dealkylation sites (tertiary alicyclic amines) is 1. The lowest BCUT2D eigenvalue weighted by Crippen LogP contribution is -2.42. The number of rotatable bonds is 5. The molecular weight excluding hydrogens is 338 g/mol. The molecule has 0 bridgehead atoms. The van der Waals surface area contributed by atoms with Gasteiger partial charge in [-0.05, 0) is 49.3 Å². The number of carboxylic acids is 1. The van der Waals surface area contributed by atoms with E-state index in [9.17, 15) is 14.7 Å². The molecule has 1 aliphatic heterocycles. The topological polar surface area (TPSA) is 57.6 Å². The predicted octanol–water partition coefficient (Wildman–Crippen LogP) is 4.63. The number of carboxylic acid groups (broad SMARTS) is 1. The van der Waals surface area contributed by atoms with Crippen molar-refractivity contribution < 1.29 is 14.7 Å². The zero-order valence-electron chi connectivity index (χ0n) is 16.0. The Morgan fingerprint density at radius 3 is 2.52 bits per heavy atom. The molecule has 1 N–H and O–H groups in total. The first kappa shape index (κ1) is 19.2. The fraction of sp³-hybridized carbons (Fsp3) is 0.391. The SMILES string of the molecule is Cc1ccc(C2C(C)CCCN2C(=O)CCc2ccccc2C(=O)O)cc1. The highest BCUT2D eigenvalue weighted by Crippen LogP contribution is 2.36. The second-order valence-corrected chi connectivity index (χ2v) is 7.52. The summed E-state index contributed by atoms with van der Waals surface area (Å²) in [5.41, 5.74) is 3.40.